The first-order chi connectivity index (χ1) is 8.13. The molecular formula is C14H24N2O. The second-order valence-corrected chi connectivity index (χ2v) is 5.14. The minimum absolute atomic E-state index is 0.466. The summed E-state index contributed by atoms with van der Waals surface area (Å²) in [6, 6.07) is 3.33. The monoisotopic (exact) mass is 236 g/mol. The van der Waals surface area contributed by atoms with Gasteiger partial charge in [-0.3, -0.25) is 4.90 Å². The number of rotatable bonds is 4. The number of nitrogens with one attached hydrogen (secondary N) is 1. The third kappa shape index (κ3) is 2.55. The average molecular weight is 236 g/mol. The van der Waals surface area contributed by atoms with Crippen LogP contribution in [0.5, 0.6) is 0 Å². The molecule has 1 aliphatic heterocycles. The number of likely N-dealkylation sites (N-methyl/N-ethyl adjacent to an activating group) is 1. The smallest absolute Gasteiger partial charge is 0.105 e. The van der Waals surface area contributed by atoms with E-state index in [0.717, 1.165) is 18.1 Å². The van der Waals surface area contributed by atoms with E-state index in [1.807, 2.05) is 14.0 Å². The molecule has 17 heavy (non-hydrogen) atoms. The summed E-state index contributed by atoms with van der Waals surface area (Å²) in [5.41, 5.74) is 1.35. The second kappa shape index (κ2) is 5.23. The van der Waals surface area contributed by atoms with Crippen LogP contribution in [0.4, 0.5) is 0 Å². The van der Waals surface area contributed by atoms with E-state index in [0.29, 0.717) is 12.1 Å². The van der Waals surface area contributed by atoms with Crippen LogP contribution < -0.4 is 5.32 Å². The molecule has 2 atom stereocenters. The molecule has 0 amide bonds. The Morgan fingerprint density at radius 2 is 2.29 bits per heavy atom. The number of hydrogen-bond donors (Lipinski definition) is 1. The summed E-state index contributed by atoms with van der Waals surface area (Å²) in [5.74, 6) is 2.10. The highest BCUT2D eigenvalue weighted by atomic mass is 16.3. The van der Waals surface area contributed by atoms with Crippen molar-refractivity contribution in [1.29, 1.82) is 0 Å². The summed E-state index contributed by atoms with van der Waals surface area (Å²) in [4.78, 5) is 2.60. The van der Waals surface area contributed by atoms with Crippen molar-refractivity contribution in [2.45, 2.75) is 45.7 Å². The van der Waals surface area contributed by atoms with E-state index in [1.165, 1.54) is 24.9 Å². The summed E-state index contributed by atoms with van der Waals surface area (Å²) in [6.07, 6.45) is 2.62. The number of hydrogen-bond acceptors (Lipinski definition) is 3. The Hall–Kier alpha value is -0.800. The summed E-state index contributed by atoms with van der Waals surface area (Å²) in [5, 5.41) is 3.30. The Bertz CT molecular complexity index is 372. The van der Waals surface area contributed by atoms with Crippen molar-refractivity contribution >= 4 is 0 Å². The van der Waals surface area contributed by atoms with Gasteiger partial charge in [0.05, 0.1) is 0 Å². The molecule has 0 bridgehead atoms. The fraction of sp³-hybridized carbons (Fsp3) is 0.714. The molecule has 3 nitrogen and oxygen atoms in total. The predicted octanol–water partition coefficient (Wildman–Crippen LogP) is 2.64. The summed E-state index contributed by atoms with van der Waals surface area (Å²) >= 11 is 0. The normalized spacial score (nSPS) is 23.2. The van der Waals surface area contributed by atoms with Gasteiger partial charge in [-0.05, 0) is 53.3 Å². The third-order valence-corrected chi connectivity index (χ3v) is 3.89. The van der Waals surface area contributed by atoms with E-state index in [-0.39, 0.29) is 0 Å². The summed E-state index contributed by atoms with van der Waals surface area (Å²) < 4.78 is 5.65. The maximum atomic E-state index is 5.65. The fourth-order valence-electron chi connectivity index (χ4n) is 3.07. The molecule has 96 valence electrons. The zero-order valence-corrected chi connectivity index (χ0v) is 11.4. The number of furan rings is 1. The topological polar surface area (TPSA) is 28.4 Å². The highest BCUT2D eigenvalue weighted by molar-refractivity contribution is 5.24. The Morgan fingerprint density at radius 3 is 2.88 bits per heavy atom. The van der Waals surface area contributed by atoms with Crippen molar-refractivity contribution in [2.24, 2.45) is 0 Å². The van der Waals surface area contributed by atoms with Gasteiger partial charge in [-0.15, -0.1) is 0 Å². The molecule has 0 spiro atoms. The Kier molecular flexibility index (Phi) is 3.89. The minimum atomic E-state index is 0.466. The second-order valence-electron chi connectivity index (χ2n) is 5.14. The first-order valence-corrected chi connectivity index (χ1v) is 6.60. The molecule has 0 radical (unpaired) electrons. The lowest BCUT2D eigenvalue weighted by atomic mass is 10.1. The average Bonchev–Trinajstić information content (AvgIpc) is 2.85. The van der Waals surface area contributed by atoms with E-state index in [2.05, 4.69) is 30.1 Å². The van der Waals surface area contributed by atoms with Gasteiger partial charge in [0.1, 0.15) is 11.5 Å². The Labute approximate surface area is 104 Å². The van der Waals surface area contributed by atoms with Crippen LogP contribution in [-0.4, -0.2) is 31.1 Å². The molecule has 1 saturated heterocycles. The zero-order valence-electron chi connectivity index (χ0n) is 11.4. The van der Waals surface area contributed by atoms with Gasteiger partial charge in [0.25, 0.3) is 0 Å². The number of aryl methyl sites for hydroxylation is 2. The molecule has 2 heterocycles. The minimum Gasteiger partial charge on any atom is -0.466 e. The van der Waals surface area contributed by atoms with Crippen molar-refractivity contribution < 1.29 is 4.42 Å². The van der Waals surface area contributed by atoms with Crippen LogP contribution in [0.15, 0.2) is 10.5 Å². The maximum Gasteiger partial charge on any atom is 0.105 e. The van der Waals surface area contributed by atoms with Crippen LogP contribution >= 0.6 is 0 Å². The SMILES string of the molecule is CNCC1CCCN1C(C)c1cc(C)oc1C. The van der Waals surface area contributed by atoms with Crippen molar-refractivity contribution in [3.05, 3.63) is 23.2 Å². The first kappa shape index (κ1) is 12.7. The number of nitrogens with zero attached hydrogens (tertiary/aromatic N) is 1. The molecule has 1 aromatic rings. The molecule has 0 saturated carbocycles. The summed E-state index contributed by atoms with van der Waals surface area (Å²) in [6.45, 7) is 8.68. The van der Waals surface area contributed by atoms with Crippen LogP contribution in [-0.2, 0) is 0 Å². The van der Waals surface area contributed by atoms with E-state index in [9.17, 15) is 0 Å². The van der Waals surface area contributed by atoms with Crippen LogP contribution in [0.25, 0.3) is 0 Å². The van der Waals surface area contributed by atoms with Gasteiger partial charge in [0, 0.05) is 24.2 Å². The maximum absolute atomic E-state index is 5.65. The lowest BCUT2D eigenvalue weighted by Gasteiger charge is -2.30. The fourth-order valence-corrected chi connectivity index (χ4v) is 3.07. The van der Waals surface area contributed by atoms with E-state index >= 15 is 0 Å². The van der Waals surface area contributed by atoms with Gasteiger partial charge in [-0.25, -0.2) is 0 Å². The Balaban J connectivity index is 2.13. The van der Waals surface area contributed by atoms with Crippen molar-refractivity contribution in [2.75, 3.05) is 20.1 Å². The van der Waals surface area contributed by atoms with Crippen LogP contribution in [0.1, 0.15) is 42.9 Å². The highest BCUT2D eigenvalue weighted by Gasteiger charge is 2.30. The molecule has 1 aromatic heterocycles. The Morgan fingerprint density at radius 1 is 1.53 bits per heavy atom. The standard InChI is InChI=1S/C14H24N2O/c1-10-8-14(12(3)17-10)11(2)16-7-5-6-13(16)9-15-4/h8,11,13,15H,5-7,9H2,1-4H3. The predicted molar refractivity (Wildman–Crippen MR) is 70.3 cm³/mol. The molecular weight excluding hydrogens is 212 g/mol. The quantitative estimate of drug-likeness (QED) is 0.871. The van der Waals surface area contributed by atoms with Gasteiger partial charge < -0.3 is 9.73 Å². The summed E-state index contributed by atoms with van der Waals surface area (Å²) in [7, 11) is 2.04. The van der Waals surface area contributed by atoms with E-state index < -0.39 is 0 Å². The van der Waals surface area contributed by atoms with Crippen LogP contribution in [0, 0.1) is 13.8 Å². The third-order valence-electron chi connectivity index (χ3n) is 3.89. The first-order valence-electron chi connectivity index (χ1n) is 6.60. The van der Waals surface area contributed by atoms with Crippen molar-refractivity contribution in [3.63, 3.8) is 0 Å². The molecule has 0 aromatic carbocycles. The molecule has 2 rings (SSSR count). The highest BCUT2D eigenvalue weighted by Crippen LogP contribution is 2.31. The zero-order chi connectivity index (χ0) is 12.4. The lowest BCUT2D eigenvalue weighted by molar-refractivity contribution is 0.189. The molecule has 1 aliphatic rings. The van der Waals surface area contributed by atoms with E-state index in [1.54, 1.807) is 0 Å². The van der Waals surface area contributed by atoms with Gasteiger partial charge in [-0.1, -0.05) is 0 Å². The van der Waals surface area contributed by atoms with Gasteiger partial charge in [0.15, 0.2) is 0 Å². The largest absolute Gasteiger partial charge is 0.466 e. The van der Waals surface area contributed by atoms with Gasteiger partial charge in [-0.2, -0.15) is 0 Å². The van der Waals surface area contributed by atoms with Gasteiger partial charge in [0.2, 0.25) is 0 Å². The molecule has 1 N–H and O–H groups in total. The molecule has 1 fully saturated rings. The molecule has 2 unspecified atom stereocenters. The van der Waals surface area contributed by atoms with Crippen LogP contribution in [0.3, 0.4) is 0 Å². The molecule has 0 aliphatic carbocycles. The van der Waals surface area contributed by atoms with E-state index in [4.69, 9.17) is 4.42 Å². The number of likely N-dealkylation sites (tertiary alicyclic amines) is 1. The van der Waals surface area contributed by atoms with Crippen molar-refractivity contribution in [3.8, 4) is 0 Å². The van der Waals surface area contributed by atoms with Crippen molar-refractivity contribution in [1.82, 2.24) is 10.2 Å². The van der Waals surface area contributed by atoms with Crippen LogP contribution in [0.2, 0.25) is 0 Å². The van der Waals surface area contributed by atoms with Gasteiger partial charge >= 0.3 is 0 Å². The molecule has 3 heteroatoms. The lowest BCUT2D eigenvalue weighted by Crippen LogP contribution is -2.38.